The maximum absolute atomic E-state index is 13.5. The van der Waals surface area contributed by atoms with E-state index in [0.717, 1.165) is 40.3 Å². The number of ketones is 1. The number of dihydropyridines is 1. The van der Waals surface area contributed by atoms with Gasteiger partial charge in [-0.05, 0) is 62.4 Å². The highest BCUT2D eigenvalue weighted by atomic mass is 16.5. The summed E-state index contributed by atoms with van der Waals surface area (Å²) in [6.07, 6.45) is 1.16. The molecule has 0 amide bonds. The van der Waals surface area contributed by atoms with Crippen LogP contribution in [0.5, 0.6) is 11.5 Å². The lowest BCUT2D eigenvalue weighted by atomic mass is 9.68. The average molecular weight is 490 g/mol. The second kappa shape index (κ2) is 10.2. The van der Waals surface area contributed by atoms with Crippen LogP contribution in [0.15, 0.2) is 65.0 Å². The monoisotopic (exact) mass is 489 g/mol. The van der Waals surface area contributed by atoms with Gasteiger partial charge < -0.3 is 19.5 Å². The van der Waals surface area contributed by atoms with Gasteiger partial charge in [0, 0.05) is 34.9 Å². The quantitative estimate of drug-likeness (QED) is 0.499. The summed E-state index contributed by atoms with van der Waals surface area (Å²) in [6, 6.07) is 13.6. The van der Waals surface area contributed by atoms with Crippen molar-refractivity contribution < 1.29 is 23.8 Å². The zero-order valence-electron chi connectivity index (χ0n) is 22.0. The number of rotatable bonds is 7. The summed E-state index contributed by atoms with van der Waals surface area (Å²) in [5, 5.41) is 3.37. The summed E-state index contributed by atoms with van der Waals surface area (Å²) < 4.78 is 17.1. The van der Waals surface area contributed by atoms with Gasteiger partial charge >= 0.3 is 5.97 Å². The Hall–Kier alpha value is -3.54. The molecule has 2 aromatic rings. The third kappa shape index (κ3) is 5.18. The molecule has 0 saturated carbocycles. The molecule has 1 unspecified atom stereocenters. The number of allylic oxidation sites excluding steroid dienone is 3. The molecule has 36 heavy (non-hydrogen) atoms. The highest BCUT2D eigenvalue weighted by Gasteiger charge is 2.43. The Morgan fingerprint density at radius 1 is 1.08 bits per heavy atom. The van der Waals surface area contributed by atoms with Crippen molar-refractivity contribution in [2.45, 2.75) is 60.0 Å². The predicted molar refractivity (Wildman–Crippen MR) is 139 cm³/mol. The number of aryl methyl sites for hydroxylation is 1. The number of methoxy groups -OCH3 is 1. The minimum Gasteiger partial charge on any atom is -0.496 e. The molecule has 1 aliphatic carbocycles. The number of ether oxygens (including phenoxy) is 3. The van der Waals surface area contributed by atoms with Crippen molar-refractivity contribution in [1.29, 1.82) is 0 Å². The summed E-state index contributed by atoms with van der Waals surface area (Å²) in [5.41, 5.74) is 5.41. The number of hydrogen-bond donors (Lipinski definition) is 1. The minimum absolute atomic E-state index is 0.0568. The molecule has 0 bridgehead atoms. The van der Waals surface area contributed by atoms with Crippen molar-refractivity contribution in [3.8, 4) is 11.5 Å². The Morgan fingerprint density at radius 2 is 1.81 bits per heavy atom. The molecule has 190 valence electrons. The van der Waals surface area contributed by atoms with Gasteiger partial charge in [0.15, 0.2) is 5.78 Å². The van der Waals surface area contributed by atoms with Crippen molar-refractivity contribution in [2.75, 3.05) is 13.7 Å². The molecule has 6 heteroatoms. The number of carbonyl (C=O) groups excluding carboxylic acids is 2. The van der Waals surface area contributed by atoms with Gasteiger partial charge in [0.1, 0.15) is 18.1 Å². The SMILES string of the molecule is CCOC(=O)C1=C(C)NC2=C(C(=O)CC(C)(C)C2)C1c1ccc(OC)c(COc2ccc(C)cc2)c1. The van der Waals surface area contributed by atoms with E-state index >= 15 is 0 Å². The first-order chi connectivity index (χ1) is 17.1. The van der Waals surface area contributed by atoms with Gasteiger partial charge in [-0.2, -0.15) is 0 Å². The molecule has 6 nitrogen and oxygen atoms in total. The van der Waals surface area contributed by atoms with Gasteiger partial charge in [0.2, 0.25) is 0 Å². The van der Waals surface area contributed by atoms with Crippen LogP contribution in [0.3, 0.4) is 0 Å². The van der Waals surface area contributed by atoms with Crippen molar-refractivity contribution in [1.82, 2.24) is 5.32 Å². The smallest absolute Gasteiger partial charge is 0.336 e. The first-order valence-corrected chi connectivity index (χ1v) is 12.4. The van der Waals surface area contributed by atoms with Crippen LogP contribution < -0.4 is 14.8 Å². The summed E-state index contributed by atoms with van der Waals surface area (Å²) in [7, 11) is 1.62. The third-order valence-corrected chi connectivity index (χ3v) is 6.79. The molecule has 4 rings (SSSR count). The van der Waals surface area contributed by atoms with Crippen LogP contribution in [-0.4, -0.2) is 25.5 Å². The number of nitrogens with one attached hydrogen (secondary N) is 1. The van der Waals surface area contributed by atoms with Crippen molar-refractivity contribution in [3.05, 3.63) is 81.7 Å². The topological polar surface area (TPSA) is 73.9 Å². The van der Waals surface area contributed by atoms with E-state index in [2.05, 4.69) is 19.2 Å². The van der Waals surface area contributed by atoms with E-state index < -0.39 is 11.9 Å². The summed E-state index contributed by atoms with van der Waals surface area (Å²) in [6.45, 7) is 10.4. The number of carbonyl (C=O) groups is 2. The van der Waals surface area contributed by atoms with E-state index in [0.29, 0.717) is 23.3 Å². The molecular formula is C30H35NO5. The van der Waals surface area contributed by atoms with Crippen LogP contribution in [0.25, 0.3) is 0 Å². The summed E-state index contributed by atoms with van der Waals surface area (Å²) in [5.74, 6) is 0.565. The first kappa shape index (κ1) is 25.5. The lowest BCUT2D eigenvalue weighted by Gasteiger charge is -2.39. The largest absolute Gasteiger partial charge is 0.496 e. The average Bonchev–Trinajstić information content (AvgIpc) is 2.82. The highest BCUT2D eigenvalue weighted by molar-refractivity contribution is 6.04. The Bertz CT molecular complexity index is 1240. The predicted octanol–water partition coefficient (Wildman–Crippen LogP) is 5.75. The van der Waals surface area contributed by atoms with Gasteiger partial charge in [0.05, 0.1) is 19.3 Å². The van der Waals surface area contributed by atoms with E-state index in [-0.39, 0.29) is 24.4 Å². The zero-order chi connectivity index (χ0) is 26.0. The van der Waals surface area contributed by atoms with Crippen LogP contribution >= 0.6 is 0 Å². The van der Waals surface area contributed by atoms with Gasteiger partial charge in [-0.25, -0.2) is 4.79 Å². The molecule has 0 aromatic heterocycles. The van der Waals surface area contributed by atoms with Crippen LogP contribution in [-0.2, 0) is 20.9 Å². The molecule has 1 atom stereocenters. The molecule has 1 aliphatic heterocycles. The van der Waals surface area contributed by atoms with Crippen LogP contribution in [0, 0.1) is 12.3 Å². The Morgan fingerprint density at radius 3 is 2.47 bits per heavy atom. The standard InChI is InChI=1S/C30H35NO5/c1-7-35-29(33)26-19(3)31-23-15-30(4,5)16-24(32)28(23)27(26)20-10-13-25(34-6)21(14-20)17-36-22-11-8-18(2)9-12-22/h8-14,27,31H,7,15-17H2,1-6H3. The number of Topliss-reactive ketones (excluding diaryl/α,β-unsaturated/α-hetero) is 1. The lowest BCUT2D eigenvalue weighted by Crippen LogP contribution is -2.38. The normalized spacial score (nSPS) is 18.9. The maximum Gasteiger partial charge on any atom is 0.336 e. The summed E-state index contributed by atoms with van der Waals surface area (Å²) >= 11 is 0. The molecular weight excluding hydrogens is 454 g/mol. The molecule has 0 saturated heterocycles. The molecule has 0 fully saturated rings. The third-order valence-electron chi connectivity index (χ3n) is 6.79. The molecule has 2 aliphatic rings. The van der Waals surface area contributed by atoms with Crippen molar-refractivity contribution >= 4 is 11.8 Å². The fourth-order valence-electron chi connectivity index (χ4n) is 5.14. The van der Waals surface area contributed by atoms with E-state index in [1.807, 2.05) is 56.3 Å². The Balaban J connectivity index is 1.78. The second-order valence-corrected chi connectivity index (χ2v) is 10.3. The maximum atomic E-state index is 13.5. The van der Waals surface area contributed by atoms with Crippen molar-refractivity contribution in [2.24, 2.45) is 5.41 Å². The molecule has 1 heterocycles. The number of benzene rings is 2. The Labute approximate surface area is 213 Å². The summed E-state index contributed by atoms with van der Waals surface area (Å²) in [4.78, 5) is 26.6. The fraction of sp³-hybridized carbons (Fsp3) is 0.400. The van der Waals surface area contributed by atoms with Gasteiger partial charge in [-0.3, -0.25) is 4.79 Å². The van der Waals surface area contributed by atoms with Crippen LogP contribution in [0.4, 0.5) is 0 Å². The zero-order valence-corrected chi connectivity index (χ0v) is 22.0. The molecule has 1 N–H and O–H groups in total. The number of hydrogen-bond acceptors (Lipinski definition) is 6. The van der Waals surface area contributed by atoms with Crippen molar-refractivity contribution in [3.63, 3.8) is 0 Å². The van der Waals surface area contributed by atoms with E-state index in [1.54, 1.807) is 14.0 Å². The van der Waals surface area contributed by atoms with Gasteiger partial charge in [0.25, 0.3) is 0 Å². The van der Waals surface area contributed by atoms with E-state index in [9.17, 15) is 9.59 Å². The van der Waals surface area contributed by atoms with Crippen LogP contribution in [0.1, 0.15) is 63.1 Å². The first-order valence-electron chi connectivity index (χ1n) is 12.4. The van der Waals surface area contributed by atoms with E-state index in [4.69, 9.17) is 14.2 Å². The minimum atomic E-state index is -0.520. The lowest BCUT2D eigenvalue weighted by molar-refractivity contribution is -0.138. The van der Waals surface area contributed by atoms with E-state index in [1.165, 1.54) is 0 Å². The fourth-order valence-corrected chi connectivity index (χ4v) is 5.14. The van der Waals surface area contributed by atoms with Gasteiger partial charge in [-0.15, -0.1) is 0 Å². The number of esters is 1. The molecule has 2 aromatic carbocycles. The second-order valence-electron chi connectivity index (χ2n) is 10.3. The van der Waals surface area contributed by atoms with Gasteiger partial charge in [-0.1, -0.05) is 37.6 Å². The highest BCUT2D eigenvalue weighted by Crippen LogP contribution is 2.47. The van der Waals surface area contributed by atoms with Crippen LogP contribution in [0.2, 0.25) is 0 Å². The molecule has 0 spiro atoms. The molecule has 0 radical (unpaired) electrons. The Kier molecular flexibility index (Phi) is 7.25.